The highest BCUT2D eigenvalue weighted by Gasteiger charge is 2.46. The number of benzene rings is 15. The quantitative estimate of drug-likeness (QED) is 0.0713. The van der Waals surface area contributed by atoms with E-state index in [0.717, 1.165) is 55.6 Å². The van der Waals surface area contributed by atoms with Crippen molar-refractivity contribution in [3.63, 3.8) is 0 Å². The van der Waals surface area contributed by atoms with Gasteiger partial charge in [0, 0.05) is 28.0 Å². The van der Waals surface area contributed by atoms with Crippen LogP contribution in [0, 0.1) is 0 Å². The Labute approximate surface area is 580 Å². The first-order valence-corrected chi connectivity index (χ1v) is 38.0. The van der Waals surface area contributed by atoms with Crippen molar-refractivity contribution >= 4 is 79.4 Å². The highest BCUT2D eigenvalue weighted by Crippen LogP contribution is 2.35. The molecule has 0 N–H and O–H groups in total. The molecule has 0 bridgehead atoms. The van der Waals surface area contributed by atoms with Gasteiger partial charge in [0.25, 0.3) is 0 Å². The Morgan fingerprint density at radius 2 is 0.465 bits per heavy atom. The Morgan fingerprint density at radius 1 is 0.182 bits per heavy atom. The van der Waals surface area contributed by atoms with Crippen LogP contribution in [-0.2, 0) is 0 Å². The lowest BCUT2D eigenvalue weighted by Crippen LogP contribution is -2.78. The molecule has 0 amide bonds. The lowest BCUT2D eigenvalue weighted by atomic mass is 10.0. The van der Waals surface area contributed by atoms with Crippen LogP contribution >= 0.6 is 0 Å². The van der Waals surface area contributed by atoms with Crippen molar-refractivity contribution in [2.24, 2.45) is 0 Å². The molecule has 0 aliphatic heterocycles. The van der Waals surface area contributed by atoms with Gasteiger partial charge in [-0.25, -0.2) is 9.97 Å². The predicted molar refractivity (Wildman–Crippen MR) is 422 cm³/mol. The minimum atomic E-state index is -3.52. The van der Waals surface area contributed by atoms with Gasteiger partial charge in [-0.2, -0.15) is 0 Å². The van der Waals surface area contributed by atoms with Crippen LogP contribution in [0.15, 0.2) is 406 Å². The average Bonchev–Trinajstić information content (AvgIpc) is 1.23. The molecular weight excluding hydrogens is 1230 g/mol. The summed E-state index contributed by atoms with van der Waals surface area (Å²) in [4.78, 5) is 11.7. The minimum absolute atomic E-state index is 0.633. The van der Waals surface area contributed by atoms with E-state index < -0.39 is 16.1 Å². The monoisotopic (exact) mass is 1290 g/mol. The van der Waals surface area contributed by atoms with E-state index in [-0.39, 0.29) is 0 Å². The van der Waals surface area contributed by atoms with Gasteiger partial charge in [0.2, 0.25) is 0 Å². The average molecular weight is 1290 g/mol. The van der Waals surface area contributed by atoms with Crippen molar-refractivity contribution in [3.05, 3.63) is 406 Å². The molecule has 0 radical (unpaired) electrons. The third kappa shape index (κ3) is 11.2. The van der Waals surface area contributed by atoms with Gasteiger partial charge in [-0.15, -0.1) is 0 Å². The maximum absolute atomic E-state index is 5.95. The van der Waals surface area contributed by atoms with Crippen LogP contribution in [-0.4, -0.2) is 30.7 Å². The summed E-state index contributed by atoms with van der Waals surface area (Å²) in [5.74, 6) is 1.41. The van der Waals surface area contributed by atoms with Gasteiger partial charge in [0.1, 0.15) is 5.82 Å². The van der Waals surface area contributed by atoms with Gasteiger partial charge in [0.15, 0.2) is 22.0 Å². The third-order valence-electron chi connectivity index (χ3n) is 20.0. The lowest BCUT2D eigenvalue weighted by molar-refractivity contribution is 1.05. The SMILES string of the molecule is c1ccc(-c2ccc([Si](c3ccccc3)(c3ccc(-c4ccccc4)cc3)c3cc(-c4cc(-n5c6ccccc6c6ccccc65)nc(-c5cccc(-c6ccccc6)c5)n4)cc([Si](c4ccccc4)(c4ccc(-c5ccccc5)cc4)c4ccc(-c5ccccc5)cc4)c3)cc2)cc1. The van der Waals surface area contributed by atoms with Crippen LogP contribution in [0.3, 0.4) is 0 Å². The fraction of sp³-hybridized carbons (Fsp3) is 0. The Kier molecular flexibility index (Phi) is 16.0. The fourth-order valence-corrected chi connectivity index (χ4v) is 24.9. The van der Waals surface area contributed by atoms with Crippen LogP contribution in [0.25, 0.3) is 106 Å². The summed E-state index contributed by atoms with van der Waals surface area (Å²) < 4.78 is 2.35. The number of fused-ring (bicyclic) bond motifs is 3. The summed E-state index contributed by atoms with van der Waals surface area (Å²) in [6.07, 6.45) is 0. The van der Waals surface area contributed by atoms with Crippen molar-refractivity contribution in [2.75, 3.05) is 0 Å². The van der Waals surface area contributed by atoms with Crippen LogP contribution in [0.1, 0.15) is 0 Å². The Hall–Kier alpha value is -12.4. The molecule has 0 atom stereocenters. The maximum atomic E-state index is 5.95. The summed E-state index contributed by atoms with van der Waals surface area (Å²) in [5, 5.41) is 12.4. The van der Waals surface area contributed by atoms with Gasteiger partial charge in [-0.1, -0.05) is 382 Å². The standard InChI is InChI=1S/C94H67N3Si2/c1-8-27-68(28-9-1)73-47-55-82(56-48-73)98(80-39-18-6-19-40-80,83-57-49-74(50-58-83)69-29-10-2-11-30-69)86-64-79(90-67-93(97-91-45-24-22-43-88(91)89-44-23-25-46-92(89)97)96-94(95-90)78-38-26-37-77(63-78)72-35-16-5-17-36-72)65-87(66-86)99(81-41-20-7-21-42-81,84-59-51-75(52-60-84)70-31-12-3-13-32-70)85-61-53-76(54-62-85)71-33-14-4-15-34-71/h1-67H. The third-order valence-corrected chi connectivity index (χ3v) is 29.5. The maximum Gasteiger partial charge on any atom is 0.179 e. The van der Waals surface area contributed by atoms with E-state index >= 15 is 0 Å². The second-order valence-electron chi connectivity index (χ2n) is 25.6. The zero-order valence-corrected chi connectivity index (χ0v) is 56.5. The van der Waals surface area contributed by atoms with Gasteiger partial charge in [-0.3, -0.25) is 4.57 Å². The molecule has 0 unspecified atom stereocenters. The zero-order valence-electron chi connectivity index (χ0n) is 54.5. The van der Waals surface area contributed by atoms with Crippen molar-refractivity contribution < 1.29 is 0 Å². The Balaban J connectivity index is 1.02. The highest BCUT2D eigenvalue weighted by atomic mass is 28.3. The molecule has 15 aromatic carbocycles. The smallest absolute Gasteiger partial charge is 0.179 e. The molecule has 5 heteroatoms. The molecule has 2 aromatic heterocycles. The lowest BCUT2D eigenvalue weighted by Gasteiger charge is -2.38. The van der Waals surface area contributed by atoms with Crippen LogP contribution < -0.4 is 41.5 Å². The Morgan fingerprint density at radius 3 is 0.828 bits per heavy atom. The summed E-state index contributed by atoms with van der Waals surface area (Å²) in [7, 11) is -7.04. The molecule has 0 spiro atoms. The number of rotatable bonds is 16. The highest BCUT2D eigenvalue weighted by molar-refractivity contribution is 7.22. The molecule has 2 heterocycles. The van der Waals surface area contributed by atoms with Crippen molar-refractivity contribution in [3.8, 4) is 84.1 Å². The van der Waals surface area contributed by atoms with Crippen LogP contribution in [0.4, 0.5) is 0 Å². The topological polar surface area (TPSA) is 30.7 Å². The second-order valence-corrected chi connectivity index (χ2v) is 33.2. The summed E-state index contributed by atoms with van der Waals surface area (Å²) >= 11 is 0. The van der Waals surface area contributed by atoms with Crippen LogP contribution in [0.5, 0.6) is 0 Å². The summed E-state index contributed by atoms with van der Waals surface area (Å²) in [6.45, 7) is 0. The van der Waals surface area contributed by atoms with Crippen molar-refractivity contribution in [1.82, 2.24) is 14.5 Å². The van der Waals surface area contributed by atoms with Gasteiger partial charge >= 0.3 is 0 Å². The van der Waals surface area contributed by atoms with Crippen molar-refractivity contribution in [2.45, 2.75) is 0 Å². The van der Waals surface area contributed by atoms with E-state index in [1.807, 2.05) is 0 Å². The first-order valence-electron chi connectivity index (χ1n) is 34.0. The van der Waals surface area contributed by atoms with Gasteiger partial charge < -0.3 is 0 Å². The summed E-state index contributed by atoms with van der Waals surface area (Å²) in [6, 6.07) is 151. The Bertz CT molecular complexity index is 5210. The van der Waals surface area contributed by atoms with Gasteiger partial charge in [-0.05, 0) is 115 Å². The molecular formula is C94H67N3Si2. The summed E-state index contributed by atoms with van der Waals surface area (Å²) in [5.41, 5.74) is 16.5. The number of nitrogens with zero attached hydrogens (tertiary/aromatic N) is 3. The van der Waals surface area contributed by atoms with E-state index in [1.165, 1.54) is 86.0 Å². The predicted octanol–water partition coefficient (Wildman–Crippen LogP) is 18.0. The van der Waals surface area contributed by atoms with E-state index in [0.29, 0.717) is 5.82 Å². The molecule has 0 fully saturated rings. The van der Waals surface area contributed by atoms with E-state index in [2.05, 4.69) is 411 Å². The first-order chi connectivity index (χ1) is 49.1. The number of para-hydroxylation sites is 2. The number of hydrogen-bond acceptors (Lipinski definition) is 2. The molecule has 0 aliphatic carbocycles. The fourth-order valence-electron chi connectivity index (χ4n) is 15.2. The second kappa shape index (κ2) is 26.3. The molecule has 0 saturated heterocycles. The van der Waals surface area contributed by atoms with E-state index in [4.69, 9.17) is 9.97 Å². The molecule has 3 nitrogen and oxygen atoms in total. The molecule has 17 aromatic rings. The molecule has 99 heavy (non-hydrogen) atoms. The van der Waals surface area contributed by atoms with E-state index in [1.54, 1.807) is 0 Å². The number of aromatic nitrogens is 3. The first kappa shape index (κ1) is 60.3. The molecule has 17 rings (SSSR count). The van der Waals surface area contributed by atoms with Crippen molar-refractivity contribution in [1.29, 1.82) is 0 Å². The molecule has 0 aliphatic rings. The van der Waals surface area contributed by atoms with E-state index in [9.17, 15) is 0 Å². The molecule has 0 saturated carbocycles. The van der Waals surface area contributed by atoms with Crippen LogP contribution in [0.2, 0.25) is 0 Å². The van der Waals surface area contributed by atoms with Gasteiger partial charge in [0.05, 0.1) is 16.7 Å². The largest absolute Gasteiger partial charge is 0.294 e. The zero-order chi connectivity index (χ0) is 66.0. The minimum Gasteiger partial charge on any atom is -0.294 e. The normalized spacial score (nSPS) is 11.6. The molecule has 466 valence electrons. The number of hydrogen-bond donors (Lipinski definition) is 0.